The number of hydrogen-bond acceptors (Lipinski definition) is 3. The molecule has 0 unspecified atom stereocenters. The zero-order valence-corrected chi connectivity index (χ0v) is 38.8. The number of rotatable bonds is 10. The molecule has 4 nitrogen and oxygen atoms in total. The van der Waals surface area contributed by atoms with Gasteiger partial charge in [0.15, 0.2) is 0 Å². The van der Waals surface area contributed by atoms with Gasteiger partial charge in [-0.05, 0) is 152 Å². The molecule has 0 amide bonds. The number of aromatic hydroxyl groups is 1. The number of imidazole rings is 1. The van der Waals surface area contributed by atoms with Crippen LogP contribution in [-0.2, 0) is 5.41 Å². The van der Waals surface area contributed by atoms with E-state index in [1.54, 1.807) is 18.2 Å². The Kier molecular flexibility index (Phi) is 8.80. The zero-order valence-electron chi connectivity index (χ0n) is 49.8. The number of nitrogens with zero attached hydrogens (tertiary/aromatic N) is 3. The second kappa shape index (κ2) is 17.4. The highest BCUT2D eigenvalue weighted by Crippen LogP contribution is 2.44. The van der Waals surface area contributed by atoms with Crippen LogP contribution in [0.4, 0.5) is 0 Å². The molecule has 0 spiro atoms. The zero-order chi connectivity index (χ0) is 55.2. The summed E-state index contributed by atoms with van der Waals surface area (Å²) in [5.74, 6) is -0.325. The van der Waals surface area contributed by atoms with E-state index in [4.69, 9.17) is 25.0 Å². The molecule has 0 atom stereocenters. The molecule has 0 fully saturated rings. The lowest BCUT2D eigenvalue weighted by molar-refractivity contribution is 0.466. The van der Waals surface area contributed by atoms with E-state index in [1.807, 2.05) is 92.9 Å². The monoisotopic (exact) mass is 855 g/mol. The largest absolute Gasteiger partial charge is 0.507 e. The van der Waals surface area contributed by atoms with Gasteiger partial charge in [-0.3, -0.25) is 9.55 Å². The fraction of sp³-hybridized carbons (Fsp3) is 0.300. The van der Waals surface area contributed by atoms with Crippen molar-refractivity contribution < 1.29 is 20.2 Å². The van der Waals surface area contributed by atoms with Gasteiger partial charge < -0.3 is 5.11 Å². The number of phenolic OH excluding ortho intramolecular Hbond substituents is 1. The molecule has 4 heteroatoms. The lowest BCUT2D eigenvalue weighted by atomic mass is 9.83. The summed E-state index contributed by atoms with van der Waals surface area (Å²) in [6.45, 7) is 16.9. The molecule has 0 aliphatic carbocycles. The normalized spacial score (nSPS) is 15.2. The van der Waals surface area contributed by atoms with Gasteiger partial charge in [0.05, 0.1) is 33.5 Å². The molecule has 326 valence electrons. The van der Waals surface area contributed by atoms with Gasteiger partial charge >= 0.3 is 0 Å². The van der Waals surface area contributed by atoms with Gasteiger partial charge in [-0.25, -0.2) is 4.98 Å². The summed E-state index contributed by atoms with van der Waals surface area (Å²) in [6.07, 6.45) is 1.53. The van der Waals surface area contributed by atoms with Crippen molar-refractivity contribution in [2.45, 2.75) is 119 Å². The Bertz CT molecular complexity index is 3510. The first-order chi connectivity index (χ1) is 34.8. The molecule has 6 aromatic carbocycles. The number of phenols is 1. The summed E-state index contributed by atoms with van der Waals surface area (Å²) < 4.78 is 96.7. The smallest absolute Gasteiger partial charge is 0.149 e. The Hall–Kier alpha value is -6.26. The van der Waals surface area contributed by atoms with Crippen molar-refractivity contribution in [1.29, 1.82) is 0 Å². The summed E-state index contributed by atoms with van der Waals surface area (Å²) in [6, 6.07) is 28.4. The summed E-state index contributed by atoms with van der Waals surface area (Å²) >= 11 is 0. The molecule has 8 rings (SSSR count). The van der Waals surface area contributed by atoms with Crippen molar-refractivity contribution in [2.24, 2.45) is 0 Å². The number of fused-ring (bicyclic) bond motifs is 1. The highest BCUT2D eigenvalue weighted by Gasteiger charge is 2.25. The third-order valence-electron chi connectivity index (χ3n) is 12.2. The van der Waals surface area contributed by atoms with Crippen LogP contribution in [0, 0.1) is 13.7 Å². The van der Waals surface area contributed by atoms with Crippen LogP contribution in [0.15, 0.2) is 127 Å². The lowest BCUT2D eigenvalue weighted by Gasteiger charge is -2.22. The predicted octanol–water partition coefficient (Wildman–Crippen LogP) is 16.9. The van der Waals surface area contributed by atoms with Gasteiger partial charge in [-0.2, -0.15) is 0 Å². The van der Waals surface area contributed by atoms with Crippen molar-refractivity contribution in [3.05, 3.63) is 166 Å². The molecule has 0 saturated carbocycles. The predicted molar refractivity (Wildman–Crippen MR) is 272 cm³/mol. The van der Waals surface area contributed by atoms with Gasteiger partial charge in [0, 0.05) is 26.9 Å². The fourth-order valence-electron chi connectivity index (χ4n) is 8.30. The number of hydrogen-bond donors (Lipinski definition) is 1. The van der Waals surface area contributed by atoms with Gasteiger partial charge in [-0.15, -0.1) is 0 Å². The van der Waals surface area contributed by atoms with Crippen molar-refractivity contribution in [3.63, 3.8) is 0 Å². The van der Waals surface area contributed by atoms with Crippen LogP contribution in [-0.4, -0.2) is 19.6 Å². The molecule has 64 heavy (non-hydrogen) atoms. The number of benzene rings is 6. The summed E-state index contributed by atoms with van der Waals surface area (Å²) in [5, 5.41) is 12.3. The van der Waals surface area contributed by atoms with Crippen molar-refractivity contribution in [1.82, 2.24) is 14.5 Å². The van der Waals surface area contributed by atoms with Crippen LogP contribution in [0.5, 0.6) is 5.75 Å². The second-order valence-corrected chi connectivity index (χ2v) is 19.2. The van der Waals surface area contributed by atoms with E-state index in [0.717, 1.165) is 38.9 Å². The molecule has 0 aliphatic rings. The van der Waals surface area contributed by atoms with Crippen molar-refractivity contribution >= 4 is 11.0 Å². The van der Waals surface area contributed by atoms with E-state index in [2.05, 4.69) is 66.7 Å². The van der Waals surface area contributed by atoms with Crippen molar-refractivity contribution in [2.75, 3.05) is 0 Å². The number of aryl methyl sites for hydroxylation is 1. The fourth-order valence-corrected chi connectivity index (χ4v) is 8.30. The van der Waals surface area contributed by atoms with Crippen LogP contribution in [0.3, 0.4) is 0 Å². The maximum atomic E-state index is 12.3. The third-order valence-corrected chi connectivity index (χ3v) is 12.2. The minimum Gasteiger partial charge on any atom is -0.507 e. The summed E-state index contributed by atoms with van der Waals surface area (Å²) in [4.78, 5) is 10.2. The van der Waals surface area contributed by atoms with E-state index in [1.165, 1.54) is 6.20 Å². The first kappa shape index (κ1) is 32.4. The molecule has 2 aromatic heterocycles. The molecule has 0 aliphatic heterocycles. The Morgan fingerprint density at radius 1 is 0.625 bits per heavy atom. The van der Waals surface area contributed by atoms with E-state index in [9.17, 15) is 5.11 Å². The van der Waals surface area contributed by atoms with Gasteiger partial charge in [0.1, 0.15) is 11.6 Å². The summed E-state index contributed by atoms with van der Waals surface area (Å²) in [5.41, 5.74) is 9.88. The molecule has 0 bridgehead atoms. The summed E-state index contributed by atoms with van der Waals surface area (Å²) in [7, 11) is 0. The van der Waals surface area contributed by atoms with Crippen LogP contribution in [0.2, 0.25) is 0 Å². The average Bonchev–Trinajstić information content (AvgIpc) is 3.71. The van der Waals surface area contributed by atoms with E-state index in [0.29, 0.717) is 56.1 Å². The van der Waals surface area contributed by atoms with Crippen LogP contribution in [0.1, 0.15) is 154 Å². The van der Waals surface area contributed by atoms with Gasteiger partial charge in [0.25, 0.3) is 0 Å². The van der Waals surface area contributed by atoms with Gasteiger partial charge in [0.2, 0.25) is 0 Å². The molecule has 0 saturated heterocycles. The maximum absolute atomic E-state index is 12.3. The maximum Gasteiger partial charge on any atom is 0.149 e. The average molecular weight is 855 g/mol. The molecular weight excluding hydrogens is 779 g/mol. The van der Waals surface area contributed by atoms with E-state index >= 15 is 0 Å². The second-order valence-electron chi connectivity index (χ2n) is 19.2. The van der Waals surface area contributed by atoms with E-state index in [-0.39, 0.29) is 34.6 Å². The van der Waals surface area contributed by atoms with Crippen LogP contribution in [0.25, 0.3) is 72.7 Å². The Morgan fingerprint density at radius 3 is 2.00 bits per heavy atom. The van der Waals surface area contributed by atoms with E-state index < -0.39 is 54.7 Å². The quantitative estimate of drug-likeness (QED) is 0.149. The number of para-hydroxylation sites is 1. The molecule has 1 N–H and O–H groups in total. The highest BCUT2D eigenvalue weighted by molar-refractivity contribution is 5.97. The molecule has 2 heterocycles. The highest BCUT2D eigenvalue weighted by atomic mass is 16.3. The molecular formula is C60H65N3O. The Labute approximate surface area is 397 Å². The topological polar surface area (TPSA) is 50.9 Å². The first-order valence-electron chi connectivity index (χ1n) is 27.7. The standard InChI is InChI=1S/C60H65N3O/c1-35(2)44-26-45(36(3)4)28-47(27-44)42-21-22-55(40(10)25-42)63-56-16-14-15-51(57(56)62-59(63)53-33-46(37(5)6)32-52(38(7)8)58(53)64)48-29-49(31-50(30-48)60(11,12)13)54-34-43(23-24-61-54)41-19-17-39(9)18-20-41/h14-38,64H,1-13H3/i9D3,10D3,17D,18D,19D,20D,35D. The Morgan fingerprint density at radius 2 is 1.33 bits per heavy atom. The minimum absolute atomic E-state index is 0.0443. The van der Waals surface area contributed by atoms with Crippen LogP contribution < -0.4 is 0 Å². The Balaban J connectivity index is 1.42. The lowest BCUT2D eigenvalue weighted by Crippen LogP contribution is -2.11. The first-order valence-corrected chi connectivity index (χ1v) is 22.2. The minimum atomic E-state index is -2.85. The molecule has 8 aromatic rings. The van der Waals surface area contributed by atoms with Crippen molar-refractivity contribution in [3.8, 4) is 67.5 Å². The number of pyridine rings is 1. The number of aromatic nitrogens is 3. The molecule has 0 radical (unpaired) electrons. The van der Waals surface area contributed by atoms with Gasteiger partial charge in [-0.1, -0.05) is 154 Å². The SMILES string of the molecule is [2H]c1c([2H])c(C([2H])([2H])[2H])c([2H])c([2H])c1-c1ccnc(-c2cc(-c3cccc4c3nc(-c3cc(C(C)C)cc(C(C)C)c3O)n4-c3ccc(-c4cc(C(C)C)cc(C([2H])(C)C)c4)cc3C([2H])([2H])[2H])cc(C(C)(C)C)c2)c1. The third kappa shape index (κ3) is 8.68. The van der Waals surface area contributed by atoms with Crippen LogP contribution >= 0.6 is 0 Å².